The number of benzene rings is 1. The highest BCUT2D eigenvalue weighted by atomic mass is 19.1. The molecule has 2 rings (SSSR count). The zero-order chi connectivity index (χ0) is 10.7. The predicted octanol–water partition coefficient (Wildman–Crippen LogP) is 2.90. The summed E-state index contributed by atoms with van der Waals surface area (Å²) in [5, 5.41) is 0. The quantitative estimate of drug-likeness (QED) is 0.748. The highest BCUT2D eigenvalue weighted by Gasteiger charge is 2.09. The van der Waals surface area contributed by atoms with Gasteiger partial charge in [0.1, 0.15) is 0 Å². The zero-order valence-corrected chi connectivity index (χ0v) is 8.27. The maximum Gasteiger partial charge on any atom is 0.165 e. The molecule has 0 fully saturated rings. The van der Waals surface area contributed by atoms with Gasteiger partial charge in [0.2, 0.25) is 0 Å². The summed E-state index contributed by atoms with van der Waals surface area (Å²) in [6.07, 6.45) is 3.33. The molecular weight excluding hydrogens is 193 g/mol. The largest absolute Gasteiger partial charge is 0.493 e. The SMILES string of the molecule is COc1c(F)cccc1-c1ccncc1. The van der Waals surface area contributed by atoms with Crippen LogP contribution < -0.4 is 4.74 Å². The van der Waals surface area contributed by atoms with Crippen molar-refractivity contribution in [2.45, 2.75) is 0 Å². The topological polar surface area (TPSA) is 22.1 Å². The van der Waals surface area contributed by atoms with E-state index in [1.54, 1.807) is 18.5 Å². The number of hydrogen-bond acceptors (Lipinski definition) is 2. The van der Waals surface area contributed by atoms with Crippen LogP contribution >= 0.6 is 0 Å². The summed E-state index contributed by atoms with van der Waals surface area (Å²) in [5.41, 5.74) is 1.63. The highest BCUT2D eigenvalue weighted by Crippen LogP contribution is 2.31. The van der Waals surface area contributed by atoms with E-state index in [0.717, 1.165) is 11.1 Å². The van der Waals surface area contributed by atoms with Gasteiger partial charge < -0.3 is 4.74 Å². The van der Waals surface area contributed by atoms with E-state index in [1.807, 2.05) is 18.2 Å². The lowest BCUT2D eigenvalue weighted by molar-refractivity contribution is 0.388. The molecule has 0 amide bonds. The molecule has 0 aliphatic carbocycles. The van der Waals surface area contributed by atoms with E-state index in [4.69, 9.17) is 4.74 Å². The molecule has 3 heteroatoms. The van der Waals surface area contributed by atoms with Crippen LogP contribution in [0.15, 0.2) is 42.7 Å². The minimum atomic E-state index is -0.355. The van der Waals surface area contributed by atoms with Crippen molar-refractivity contribution in [3.05, 3.63) is 48.5 Å². The number of hydrogen-bond donors (Lipinski definition) is 0. The zero-order valence-electron chi connectivity index (χ0n) is 8.27. The fourth-order valence-electron chi connectivity index (χ4n) is 1.48. The third-order valence-corrected chi connectivity index (χ3v) is 2.16. The Morgan fingerprint density at radius 1 is 1.13 bits per heavy atom. The molecule has 0 spiro atoms. The van der Waals surface area contributed by atoms with Crippen molar-refractivity contribution < 1.29 is 9.13 Å². The number of ether oxygens (including phenoxy) is 1. The van der Waals surface area contributed by atoms with Crippen LogP contribution in [0, 0.1) is 5.82 Å². The lowest BCUT2D eigenvalue weighted by Crippen LogP contribution is -1.91. The molecule has 15 heavy (non-hydrogen) atoms. The third-order valence-electron chi connectivity index (χ3n) is 2.16. The number of halogens is 1. The molecule has 0 bridgehead atoms. The van der Waals surface area contributed by atoms with Crippen LogP contribution in [-0.2, 0) is 0 Å². The number of aromatic nitrogens is 1. The average Bonchev–Trinajstić information content (AvgIpc) is 2.30. The first-order chi connectivity index (χ1) is 7.33. The van der Waals surface area contributed by atoms with E-state index in [9.17, 15) is 4.39 Å². The van der Waals surface area contributed by atoms with E-state index in [0.29, 0.717) is 0 Å². The van der Waals surface area contributed by atoms with Crippen molar-refractivity contribution in [3.8, 4) is 16.9 Å². The van der Waals surface area contributed by atoms with Crippen molar-refractivity contribution in [1.29, 1.82) is 0 Å². The molecule has 76 valence electrons. The van der Waals surface area contributed by atoms with Gasteiger partial charge in [0.15, 0.2) is 11.6 Å². The predicted molar refractivity (Wildman–Crippen MR) is 56.2 cm³/mol. The summed E-state index contributed by atoms with van der Waals surface area (Å²) in [4.78, 5) is 3.91. The molecule has 2 aromatic rings. The summed E-state index contributed by atoms with van der Waals surface area (Å²) >= 11 is 0. The Labute approximate surface area is 87.4 Å². The molecule has 1 heterocycles. The molecule has 0 N–H and O–H groups in total. The summed E-state index contributed by atoms with van der Waals surface area (Å²) in [6.45, 7) is 0. The molecular formula is C12H10FNO. The van der Waals surface area contributed by atoms with E-state index >= 15 is 0 Å². The Morgan fingerprint density at radius 2 is 1.87 bits per heavy atom. The molecule has 0 radical (unpaired) electrons. The maximum absolute atomic E-state index is 13.4. The first-order valence-corrected chi connectivity index (χ1v) is 4.56. The molecule has 2 nitrogen and oxygen atoms in total. The van der Waals surface area contributed by atoms with Gasteiger partial charge in [-0.3, -0.25) is 4.98 Å². The standard InChI is InChI=1S/C12H10FNO/c1-15-12-10(3-2-4-11(12)13)9-5-7-14-8-6-9/h2-8H,1H3. The third kappa shape index (κ3) is 1.81. The van der Waals surface area contributed by atoms with Gasteiger partial charge in [-0.2, -0.15) is 0 Å². The van der Waals surface area contributed by atoms with Gasteiger partial charge in [-0.15, -0.1) is 0 Å². The van der Waals surface area contributed by atoms with Gasteiger partial charge in [0, 0.05) is 18.0 Å². The van der Waals surface area contributed by atoms with Crippen LogP contribution in [0.2, 0.25) is 0 Å². The summed E-state index contributed by atoms with van der Waals surface area (Å²) in [5.74, 6) is -0.0875. The van der Waals surface area contributed by atoms with Crippen molar-refractivity contribution in [1.82, 2.24) is 4.98 Å². The normalized spacial score (nSPS) is 10.0. The molecule has 1 aromatic carbocycles. The van der Waals surface area contributed by atoms with Gasteiger partial charge in [0.05, 0.1) is 7.11 Å². The van der Waals surface area contributed by atoms with Gasteiger partial charge >= 0.3 is 0 Å². The van der Waals surface area contributed by atoms with E-state index in [2.05, 4.69) is 4.98 Å². The first kappa shape index (κ1) is 9.65. The molecule has 0 saturated carbocycles. The van der Waals surface area contributed by atoms with Gasteiger partial charge in [-0.1, -0.05) is 12.1 Å². The molecule has 0 aliphatic heterocycles. The lowest BCUT2D eigenvalue weighted by atomic mass is 10.1. The number of rotatable bonds is 2. The number of nitrogens with zero attached hydrogens (tertiary/aromatic N) is 1. The molecule has 0 saturated heterocycles. The maximum atomic E-state index is 13.4. The Morgan fingerprint density at radius 3 is 2.53 bits per heavy atom. The fraction of sp³-hybridized carbons (Fsp3) is 0.0833. The van der Waals surface area contributed by atoms with E-state index in [1.165, 1.54) is 13.2 Å². The Balaban J connectivity index is 2.58. The summed E-state index contributed by atoms with van der Waals surface area (Å²) in [7, 11) is 1.46. The van der Waals surface area contributed by atoms with Crippen LogP contribution in [0.1, 0.15) is 0 Å². The van der Waals surface area contributed by atoms with Crippen molar-refractivity contribution >= 4 is 0 Å². The minimum absolute atomic E-state index is 0.267. The van der Waals surface area contributed by atoms with Crippen molar-refractivity contribution in [2.75, 3.05) is 7.11 Å². The average molecular weight is 203 g/mol. The van der Waals surface area contributed by atoms with Gasteiger partial charge in [-0.25, -0.2) is 4.39 Å². The minimum Gasteiger partial charge on any atom is -0.493 e. The number of pyridine rings is 1. The highest BCUT2D eigenvalue weighted by molar-refractivity contribution is 5.70. The summed E-state index contributed by atoms with van der Waals surface area (Å²) in [6, 6.07) is 8.49. The van der Waals surface area contributed by atoms with Crippen LogP contribution in [0.4, 0.5) is 4.39 Å². The van der Waals surface area contributed by atoms with Crippen molar-refractivity contribution in [2.24, 2.45) is 0 Å². The van der Waals surface area contributed by atoms with Crippen molar-refractivity contribution in [3.63, 3.8) is 0 Å². The van der Waals surface area contributed by atoms with Crippen LogP contribution in [-0.4, -0.2) is 12.1 Å². The van der Waals surface area contributed by atoms with Gasteiger partial charge in [-0.05, 0) is 23.8 Å². The second-order valence-electron chi connectivity index (χ2n) is 3.06. The Kier molecular flexibility index (Phi) is 2.63. The van der Waals surface area contributed by atoms with Crippen LogP contribution in [0.25, 0.3) is 11.1 Å². The number of methoxy groups -OCH3 is 1. The van der Waals surface area contributed by atoms with Gasteiger partial charge in [0.25, 0.3) is 0 Å². The molecule has 0 aliphatic rings. The lowest BCUT2D eigenvalue weighted by Gasteiger charge is -2.08. The fourth-order valence-corrected chi connectivity index (χ4v) is 1.48. The Bertz CT molecular complexity index is 456. The smallest absolute Gasteiger partial charge is 0.165 e. The molecule has 1 aromatic heterocycles. The number of para-hydroxylation sites is 1. The summed E-state index contributed by atoms with van der Waals surface area (Å²) < 4.78 is 18.4. The molecule has 0 atom stereocenters. The van der Waals surface area contributed by atoms with Crippen LogP contribution in [0.3, 0.4) is 0 Å². The monoisotopic (exact) mass is 203 g/mol. The first-order valence-electron chi connectivity index (χ1n) is 4.56. The van der Waals surface area contributed by atoms with Crippen LogP contribution in [0.5, 0.6) is 5.75 Å². The Hall–Kier alpha value is -1.90. The molecule has 0 unspecified atom stereocenters. The second-order valence-corrected chi connectivity index (χ2v) is 3.06. The van der Waals surface area contributed by atoms with E-state index < -0.39 is 0 Å². The second kappa shape index (κ2) is 4.09. The van der Waals surface area contributed by atoms with E-state index in [-0.39, 0.29) is 11.6 Å².